The number of hydrogen-bond acceptors (Lipinski definition) is 4. The van der Waals surface area contributed by atoms with E-state index in [1.54, 1.807) is 0 Å². The second kappa shape index (κ2) is 15.7. The fourth-order valence-electron chi connectivity index (χ4n) is 0.283. The third-order valence-corrected chi connectivity index (χ3v) is 0.624. The fraction of sp³-hybridized carbons (Fsp3) is 0.800. The summed E-state index contributed by atoms with van der Waals surface area (Å²) in [7, 11) is 0. The maximum atomic E-state index is 6.00. The van der Waals surface area contributed by atoms with Gasteiger partial charge in [-0.3, -0.25) is 0 Å². The molecule has 4 N–H and O–H groups in total. The van der Waals surface area contributed by atoms with Crippen molar-refractivity contribution in [3.8, 4) is 0 Å². The third-order valence-electron chi connectivity index (χ3n) is 0.624. The summed E-state index contributed by atoms with van der Waals surface area (Å²) in [4.78, 5) is 0. The number of nitrogens with one attached hydrogen (secondary N) is 2. The normalized spacial score (nSPS) is 8.60. The number of hydrogen-bond donors (Lipinski definition) is 3. The summed E-state index contributed by atoms with van der Waals surface area (Å²) < 4.78 is 0. The quantitative estimate of drug-likeness (QED) is 0.178. The summed E-state index contributed by atoms with van der Waals surface area (Å²) in [6.45, 7) is 6.39. The Balaban J connectivity index is 0. The number of nitrogens with two attached hydrogens (primary N) is 1. The van der Waals surface area contributed by atoms with Crippen LogP contribution in [0.5, 0.6) is 0 Å². The minimum atomic E-state index is 0.944. The molecule has 0 rings (SSSR count). The summed E-state index contributed by atoms with van der Waals surface area (Å²) in [5.41, 5.74) is 6.00. The molecule has 0 aromatic carbocycles. The van der Waals surface area contributed by atoms with Crippen LogP contribution in [0.3, 0.4) is 0 Å². The molecule has 0 heterocycles. The van der Waals surface area contributed by atoms with E-state index in [9.17, 15) is 0 Å². The Hall–Kier alpha value is -0.970. The van der Waals surface area contributed by atoms with Crippen LogP contribution in [0.4, 0.5) is 0 Å². The molecule has 0 aliphatic carbocycles. The molecule has 0 aliphatic rings. The van der Waals surface area contributed by atoms with Crippen LogP contribution >= 0.6 is 0 Å². The van der Waals surface area contributed by atoms with Crippen LogP contribution in [0.25, 0.3) is 0 Å². The molecule has 0 aromatic rings. The van der Waals surface area contributed by atoms with Gasteiger partial charge in [0.2, 0.25) is 0 Å². The van der Waals surface area contributed by atoms with Gasteiger partial charge in [-0.05, 0) is 13.1 Å². The summed E-state index contributed by atoms with van der Waals surface area (Å²) in [5.74, 6) is 4.49. The Labute approximate surface area is 61.2 Å². The lowest BCUT2D eigenvalue weighted by molar-refractivity contribution is 0.762. The minimum Gasteiger partial charge on any atom is -0.322 e. The van der Waals surface area contributed by atoms with Crippen molar-refractivity contribution in [1.82, 2.24) is 5.32 Å². The maximum Gasteiger partial charge on any atom is 0.156 e. The molecule has 0 radical (unpaired) electrons. The predicted octanol–water partition coefficient (Wildman–Crippen LogP) is 0.535. The molecule has 5 heteroatoms. The Morgan fingerprint density at radius 2 is 2.00 bits per heavy atom. The lowest BCUT2D eigenvalue weighted by Crippen LogP contribution is -2.09. The van der Waals surface area contributed by atoms with E-state index in [1.807, 2.05) is 0 Å². The van der Waals surface area contributed by atoms with Gasteiger partial charge in [0.05, 0.1) is 0 Å². The molecule has 0 atom stereocenters. The highest BCUT2D eigenvalue weighted by Gasteiger charge is 1.62. The highest BCUT2D eigenvalue weighted by atomic mass is 15.2. The van der Waals surface area contributed by atoms with Gasteiger partial charge < -0.3 is 11.2 Å². The first kappa shape index (κ1) is 11.8. The van der Waals surface area contributed by atoms with E-state index in [4.69, 9.17) is 5.53 Å². The smallest absolute Gasteiger partial charge is 0.156 e. The van der Waals surface area contributed by atoms with Crippen LogP contribution in [0.15, 0.2) is 10.2 Å². The molecule has 0 unspecified atom stereocenters. The Morgan fingerprint density at radius 3 is 2.00 bits per heavy atom. The van der Waals surface area contributed by atoms with E-state index in [1.165, 1.54) is 0 Å². The number of nitrogens with zero attached hydrogens (tertiary/aromatic N) is 2. The van der Waals surface area contributed by atoms with Crippen molar-refractivity contribution in [3.63, 3.8) is 0 Å². The molecular weight excluding hydrogens is 130 g/mol. The standard InChI is InChI=1S/C4H11N.CH4N4/c1-3-5-4-2;2-4-1-5-3/h5H,3-4H2,1-2H3;1-2H,3H2. The molecule has 60 valence electrons. The van der Waals surface area contributed by atoms with Crippen molar-refractivity contribution >= 4 is 6.34 Å². The molecule has 10 heavy (non-hydrogen) atoms. The highest BCUT2D eigenvalue weighted by Crippen LogP contribution is 1.47. The molecule has 0 aliphatic heterocycles. The van der Waals surface area contributed by atoms with Gasteiger partial charge in [0.1, 0.15) is 0 Å². The molecule has 0 spiro atoms. The van der Waals surface area contributed by atoms with Crippen molar-refractivity contribution in [2.24, 2.45) is 16.1 Å². The van der Waals surface area contributed by atoms with Crippen LogP contribution in [0, 0.1) is 5.53 Å². The van der Waals surface area contributed by atoms with Gasteiger partial charge in [0.25, 0.3) is 0 Å². The summed E-state index contributed by atoms with van der Waals surface area (Å²) in [6, 6.07) is 0. The first-order valence-electron chi connectivity index (χ1n) is 3.12. The van der Waals surface area contributed by atoms with Crippen LogP contribution in [-0.2, 0) is 0 Å². The molecule has 0 bridgehead atoms. The van der Waals surface area contributed by atoms with E-state index in [2.05, 4.69) is 35.2 Å². The Morgan fingerprint density at radius 1 is 1.50 bits per heavy atom. The molecule has 0 saturated carbocycles. The van der Waals surface area contributed by atoms with Crippen LogP contribution in [0.2, 0.25) is 0 Å². The van der Waals surface area contributed by atoms with Crippen LogP contribution < -0.4 is 11.2 Å². The zero-order chi connectivity index (χ0) is 8.24. The lowest BCUT2D eigenvalue weighted by Gasteiger charge is -1.86. The average molecular weight is 145 g/mol. The van der Waals surface area contributed by atoms with E-state index in [0.29, 0.717) is 0 Å². The second-order valence-corrected chi connectivity index (χ2v) is 1.35. The van der Waals surface area contributed by atoms with Gasteiger partial charge in [-0.1, -0.05) is 13.8 Å². The monoisotopic (exact) mass is 145 g/mol. The second-order valence-electron chi connectivity index (χ2n) is 1.35. The lowest BCUT2D eigenvalue weighted by atomic mass is 10.7. The SMILES string of the molecule is CCNCC.N=NC=NN. The maximum absolute atomic E-state index is 6.00. The van der Waals surface area contributed by atoms with Gasteiger partial charge in [0.15, 0.2) is 6.34 Å². The van der Waals surface area contributed by atoms with Crippen LogP contribution in [-0.4, -0.2) is 19.4 Å². The fourth-order valence-corrected chi connectivity index (χ4v) is 0.283. The first-order valence-corrected chi connectivity index (χ1v) is 3.12. The van der Waals surface area contributed by atoms with E-state index >= 15 is 0 Å². The third kappa shape index (κ3) is 27.8. The van der Waals surface area contributed by atoms with E-state index in [0.717, 1.165) is 19.4 Å². The summed E-state index contributed by atoms with van der Waals surface area (Å²) >= 11 is 0. The van der Waals surface area contributed by atoms with Gasteiger partial charge in [-0.25, -0.2) is 5.53 Å². The predicted molar refractivity (Wildman–Crippen MR) is 42.0 cm³/mol. The van der Waals surface area contributed by atoms with E-state index in [-0.39, 0.29) is 0 Å². The molecule has 0 aromatic heterocycles. The topological polar surface area (TPSA) is 86.6 Å². The number of hydrazone groups is 1. The minimum absolute atomic E-state index is 0.944. The van der Waals surface area contributed by atoms with E-state index < -0.39 is 0 Å². The van der Waals surface area contributed by atoms with Crippen molar-refractivity contribution in [3.05, 3.63) is 0 Å². The number of rotatable bonds is 3. The van der Waals surface area contributed by atoms with Crippen molar-refractivity contribution in [2.45, 2.75) is 13.8 Å². The van der Waals surface area contributed by atoms with Gasteiger partial charge >= 0.3 is 0 Å². The first-order chi connectivity index (χ1) is 4.83. The van der Waals surface area contributed by atoms with Crippen molar-refractivity contribution in [1.29, 1.82) is 5.53 Å². The van der Waals surface area contributed by atoms with Gasteiger partial charge in [-0.15, -0.1) is 5.11 Å². The Kier molecular flexibility index (Phi) is 18.5. The van der Waals surface area contributed by atoms with Crippen LogP contribution in [0.1, 0.15) is 13.8 Å². The van der Waals surface area contributed by atoms with Gasteiger partial charge in [-0.2, -0.15) is 5.10 Å². The molecule has 0 amide bonds. The van der Waals surface area contributed by atoms with Gasteiger partial charge in [0, 0.05) is 0 Å². The zero-order valence-corrected chi connectivity index (χ0v) is 6.46. The molecule has 0 fully saturated rings. The largest absolute Gasteiger partial charge is 0.322 e. The molecule has 0 saturated heterocycles. The van der Waals surface area contributed by atoms with Crippen molar-refractivity contribution < 1.29 is 0 Å². The summed E-state index contributed by atoms with van der Waals surface area (Å²) in [5, 5.41) is 8.67. The zero-order valence-electron chi connectivity index (χ0n) is 6.46. The molecular formula is C5H15N5. The molecule has 5 nitrogen and oxygen atoms in total. The average Bonchev–Trinajstić information content (AvgIpc) is 1.93. The Bertz CT molecular complexity index is 78.1. The summed E-state index contributed by atoms with van der Waals surface area (Å²) in [6.07, 6.45) is 0.944. The highest BCUT2D eigenvalue weighted by molar-refractivity contribution is 5.52. The van der Waals surface area contributed by atoms with Crippen molar-refractivity contribution in [2.75, 3.05) is 13.1 Å².